The van der Waals surface area contributed by atoms with Crippen molar-refractivity contribution in [3.63, 3.8) is 0 Å². The lowest BCUT2D eigenvalue weighted by Gasteiger charge is -2.31. The van der Waals surface area contributed by atoms with E-state index in [2.05, 4.69) is 25.2 Å². The van der Waals surface area contributed by atoms with E-state index in [1.54, 1.807) is 24.0 Å². The SMILES string of the molecule is Cc1cc(C)nc(NC2CCC(Oc3nc(N4CCOCC4)cc4ncc(OCc5cnc(N[O-])n5C)cc34)CC2)n1. The average Bonchev–Trinajstić information content (AvgIpc) is 3.36. The van der Waals surface area contributed by atoms with E-state index in [4.69, 9.17) is 24.2 Å². The molecule has 1 saturated carbocycles. The highest BCUT2D eigenvalue weighted by molar-refractivity contribution is 5.87. The summed E-state index contributed by atoms with van der Waals surface area (Å²) in [7, 11) is 1.76. The Bertz CT molecular complexity index is 1510. The molecule has 5 heterocycles. The molecule has 13 heteroatoms. The Kier molecular flexibility index (Phi) is 8.20. The zero-order valence-corrected chi connectivity index (χ0v) is 24.2. The fraction of sp³-hybridized carbons (Fsp3) is 0.483. The van der Waals surface area contributed by atoms with Crippen molar-refractivity contribution >= 4 is 28.6 Å². The van der Waals surface area contributed by atoms with E-state index in [0.717, 1.165) is 72.6 Å². The van der Waals surface area contributed by atoms with Crippen molar-refractivity contribution in [1.29, 1.82) is 0 Å². The zero-order chi connectivity index (χ0) is 29.1. The fourth-order valence-corrected chi connectivity index (χ4v) is 5.47. The van der Waals surface area contributed by atoms with Crippen LogP contribution in [0.4, 0.5) is 17.7 Å². The predicted octanol–water partition coefficient (Wildman–Crippen LogP) is 3.90. The Balaban J connectivity index is 1.19. The highest BCUT2D eigenvalue weighted by Gasteiger charge is 2.25. The number of rotatable bonds is 9. The van der Waals surface area contributed by atoms with Gasteiger partial charge in [0.2, 0.25) is 11.8 Å². The topological polar surface area (TPSA) is 147 Å². The number of ether oxygens (including phenoxy) is 3. The summed E-state index contributed by atoms with van der Waals surface area (Å²) in [5.41, 5.74) is 5.28. The van der Waals surface area contributed by atoms with Gasteiger partial charge in [0.25, 0.3) is 0 Å². The molecule has 1 saturated heterocycles. The summed E-state index contributed by atoms with van der Waals surface area (Å²) in [5, 5.41) is 15.3. The van der Waals surface area contributed by atoms with Crippen molar-refractivity contribution in [3.8, 4) is 11.6 Å². The number of anilines is 3. The maximum absolute atomic E-state index is 11.0. The van der Waals surface area contributed by atoms with Crippen LogP contribution in [0, 0.1) is 19.1 Å². The van der Waals surface area contributed by atoms with Gasteiger partial charge in [0, 0.05) is 43.6 Å². The van der Waals surface area contributed by atoms with E-state index < -0.39 is 0 Å². The van der Waals surface area contributed by atoms with Gasteiger partial charge >= 0.3 is 0 Å². The molecule has 0 radical (unpaired) electrons. The first-order valence-electron chi connectivity index (χ1n) is 14.4. The fourth-order valence-electron chi connectivity index (χ4n) is 5.47. The quantitative estimate of drug-likeness (QED) is 0.279. The Hall–Kier alpha value is -4.23. The van der Waals surface area contributed by atoms with Crippen molar-refractivity contribution in [1.82, 2.24) is 29.5 Å². The molecule has 2 N–H and O–H groups in total. The van der Waals surface area contributed by atoms with Gasteiger partial charge < -0.3 is 39.7 Å². The number of fused-ring (bicyclic) bond motifs is 1. The molecule has 0 unspecified atom stereocenters. The van der Waals surface area contributed by atoms with Crippen LogP contribution in [-0.2, 0) is 18.4 Å². The molecule has 0 amide bonds. The van der Waals surface area contributed by atoms with Gasteiger partial charge in [-0.3, -0.25) is 4.98 Å². The van der Waals surface area contributed by atoms with Crippen molar-refractivity contribution in [2.45, 2.75) is 58.3 Å². The predicted molar refractivity (Wildman–Crippen MR) is 159 cm³/mol. The molecule has 222 valence electrons. The first-order chi connectivity index (χ1) is 20.4. The van der Waals surface area contributed by atoms with Crippen molar-refractivity contribution in [2.75, 3.05) is 42.0 Å². The molecule has 1 aliphatic heterocycles. The minimum Gasteiger partial charge on any atom is -0.759 e. The van der Waals surface area contributed by atoms with Crippen LogP contribution >= 0.6 is 0 Å². The molecule has 0 bridgehead atoms. The smallest absolute Gasteiger partial charge is 0.225 e. The van der Waals surface area contributed by atoms with Crippen LogP contribution in [0.2, 0.25) is 0 Å². The number of nitrogens with zero attached hydrogens (tertiary/aromatic N) is 7. The summed E-state index contributed by atoms with van der Waals surface area (Å²) in [6.07, 6.45) is 6.98. The molecule has 0 aromatic carbocycles. The van der Waals surface area contributed by atoms with Crippen LogP contribution in [0.1, 0.15) is 42.8 Å². The lowest BCUT2D eigenvalue weighted by molar-refractivity contribution is 0.122. The summed E-state index contributed by atoms with van der Waals surface area (Å²) < 4.78 is 19.8. The Labute approximate surface area is 244 Å². The minimum absolute atomic E-state index is 0.0240. The maximum Gasteiger partial charge on any atom is 0.225 e. The summed E-state index contributed by atoms with van der Waals surface area (Å²) >= 11 is 0. The molecule has 2 fully saturated rings. The molecular weight excluding hydrogens is 538 g/mol. The Morgan fingerprint density at radius 3 is 2.45 bits per heavy atom. The molecule has 4 aromatic rings. The number of hydrogen-bond acceptors (Lipinski definition) is 12. The highest BCUT2D eigenvalue weighted by Crippen LogP contribution is 2.33. The molecule has 0 atom stereocenters. The largest absolute Gasteiger partial charge is 0.759 e. The normalized spacial score (nSPS) is 19.1. The van der Waals surface area contributed by atoms with E-state index in [1.165, 1.54) is 0 Å². The molecule has 1 aliphatic carbocycles. The van der Waals surface area contributed by atoms with Gasteiger partial charge in [0.1, 0.15) is 24.3 Å². The monoisotopic (exact) mass is 574 g/mol. The van der Waals surface area contributed by atoms with Crippen LogP contribution in [0.3, 0.4) is 0 Å². The summed E-state index contributed by atoms with van der Waals surface area (Å²) in [6, 6.07) is 6.18. The molecule has 13 nitrogen and oxygen atoms in total. The lowest BCUT2D eigenvalue weighted by Crippen LogP contribution is -2.37. The minimum atomic E-state index is 0.0240. The molecule has 6 rings (SSSR count). The molecule has 4 aromatic heterocycles. The number of imidazole rings is 1. The molecular formula is C29H36N9O4-. The van der Waals surface area contributed by atoms with Crippen molar-refractivity contribution in [3.05, 3.63) is 52.9 Å². The van der Waals surface area contributed by atoms with Crippen LogP contribution < -0.4 is 25.2 Å². The summed E-state index contributed by atoms with van der Waals surface area (Å²) in [4.78, 5) is 25.0. The van der Waals surface area contributed by atoms with Gasteiger partial charge in [-0.2, -0.15) is 4.98 Å². The Morgan fingerprint density at radius 1 is 0.976 bits per heavy atom. The second-order valence-electron chi connectivity index (χ2n) is 10.9. The summed E-state index contributed by atoms with van der Waals surface area (Å²) in [6.45, 7) is 7.06. The third-order valence-electron chi connectivity index (χ3n) is 7.77. The van der Waals surface area contributed by atoms with Gasteiger partial charge in [0.15, 0.2) is 5.95 Å². The standard InChI is InChI=1S/C29H36N9O4/c1-18-12-19(2)33-28(32-18)34-20-4-6-22(7-5-20)42-27-24-13-23(41-17-21-15-31-29(36-39)37(21)3)16-30-25(24)14-26(35-27)38-8-10-40-11-9-38/h12-16,20,22H,4-11,17H2,1-3H3,(H2-,31,32,33,34,36,39)/q-1. The second-order valence-corrected chi connectivity index (χ2v) is 10.9. The van der Waals surface area contributed by atoms with Crippen LogP contribution in [0.15, 0.2) is 30.6 Å². The van der Waals surface area contributed by atoms with E-state index in [0.29, 0.717) is 36.8 Å². The average molecular weight is 575 g/mol. The number of pyridine rings is 2. The van der Waals surface area contributed by atoms with Crippen molar-refractivity contribution in [2.24, 2.45) is 7.05 Å². The van der Waals surface area contributed by atoms with Crippen LogP contribution in [0.25, 0.3) is 10.9 Å². The highest BCUT2D eigenvalue weighted by atomic mass is 16.5. The molecule has 0 spiro atoms. The zero-order valence-electron chi connectivity index (χ0n) is 24.2. The lowest BCUT2D eigenvalue weighted by atomic mass is 9.93. The van der Waals surface area contributed by atoms with Gasteiger partial charge in [-0.05, 0) is 51.7 Å². The number of aromatic nitrogens is 6. The summed E-state index contributed by atoms with van der Waals surface area (Å²) in [5.74, 6) is 2.88. The van der Waals surface area contributed by atoms with E-state index in [9.17, 15) is 5.21 Å². The molecule has 42 heavy (non-hydrogen) atoms. The van der Waals surface area contributed by atoms with Gasteiger partial charge in [-0.25, -0.2) is 15.0 Å². The van der Waals surface area contributed by atoms with E-state index >= 15 is 0 Å². The number of aryl methyl sites for hydroxylation is 2. The number of nitrogens with one attached hydrogen (secondary N) is 2. The molecule has 2 aliphatic rings. The third-order valence-corrected chi connectivity index (χ3v) is 7.77. The number of morpholine rings is 1. The first-order valence-corrected chi connectivity index (χ1v) is 14.4. The third kappa shape index (κ3) is 6.31. The van der Waals surface area contributed by atoms with Crippen LogP contribution in [0.5, 0.6) is 11.6 Å². The van der Waals surface area contributed by atoms with Gasteiger partial charge in [-0.1, -0.05) is 0 Å². The van der Waals surface area contributed by atoms with Gasteiger partial charge in [-0.15, -0.1) is 0 Å². The first kappa shape index (κ1) is 27.9. The second kappa shape index (κ2) is 12.3. The van der Waals surface area contributed by atoms with Gasteiger partial charge in [0.05, 0.1) is 42.2 Å². The van der Waals surface area contributed by atoms with E-state index in [1.807, 2.05) is 37.5 Å². The Morgan fingerprint density at radius 2 is 1.74 bits per heavy atom. The van der Waals surface area contributed by atoms with Crippen molar-refractivity contribution < 1.29 is 14.2 Å². The number of hydrogen-bond donors (Lipinski definition) is 2. The maximum atomic E-state index is 11.0. The van der Waals surface area contributed by atoms with Crippen LogP contribution in [-0.4, -0.2) is 67.9 Å². The van der Waals surface area contributed by atoms with E-state index in [-0.39, 0.29) is 18.7 Å².